The van der Waals surface area contributed by atoms with E-state index in [9.17, 15) is 13.2 Å². The number of rotatable bonds is 4. The van der Waals surface area contributed by atoms with Crippen LogP contribution in [0, 0.1) is 29.3 Å². The van der Waals surface area contributed by atoms with Crippen LogP contribution < -0.4 is 5.32 Å². The molecule has 0 bridgehead atoms. The molecule has 2 fully saturated rings. The highest BCUT2D eigenvalue weighted by Gasteiger charge is 2.41. The van der Waals surface area contributed by atoms with Crippen LogP contribution in [-0.4, -0.2) is 6.04 Å². The summed E-state index contributed by atoms with van der Waals surface area (Å²) in [5.41, 5.74) is 0.0905. The lowest BCUT2D eigenvalue weighted by atomic mass is 10.1. The van der Waals surface area contributed by atoms with E-state index >= 15 is 0 Å². The van der Waals surface area contributed by atoms with Crippen LogP contribution in [-0.2, 0) is 0 Å². The largest absolute Gasteiger partial charge is 0.379 e. The molecule has 0 saturated heterocycles. The molecule has 4 heteroatoms. The highest BCUT2D eigenvalue weighted by Crippen LogP contribution is 2.46. The standard InChI is InChI=1S/C13H14F3N/c14-9-5-6-10(12(16)11(9)15)17-13(7-1-2-7)8-3-4-8/h5-8,13,17H,1-4H2. The molecule has 2 aliphatic carbocycles. The molecule has 2 aliphatic rings. The van der Waals surface area contributed by atoms with Gasteiger partial charge in [0.15, 0.2) is 17.5 Å². The SMILES string of the molecule is Fc1ccc(NC(C2CC2)C2CC2)c(F)c1F. The Morgan fingerprint density at radius 1 is 0.941 bits per heavy atom. The third-order valence-electron chi connectivity index (χ3n) is 3.62. The summed E-state index contributed by atoms with van der Waals surface area (Å²) in [6.07, 6.45) is 4.61. The number of anilines is 1. The predicted octanol–water partition coefficient (Wildman–Crippen LogP) is 3.70. The second kappa shape index (κ2) is 3.93. The first-order chi connectivity index (χ1) is 8.16. The molecule has 2 saturated carbocycles. The van der Waals surface area contributed by atoms with Crippen molar-refractivity contribution in [2.24, 2.45) is 11.8 Å². The first-order valence-corrected chi connectivity index (χ1v) is 6.07. The van der Waals surface area contributed by atoms with Crippen molar-refractivity contribution >= 4 is 5.69 Å². The minimum absolute atomic E-state index is 0.0905. The zero-order valence-electron chi connectivity index (χ0n) is 9.35. The molecule has 17 heavy (non-hydrogen) atoms. The Balaban J connectivity index is 1.81. The molecule has 0 unspecified atom stereocenters. The number of halogens is 3. The van der Waals surface area contributed by atoms with Crippen molar-refractivity contribution in [3.05, 3.63) is 29.6 Å². The lowest BCUT2D eigenvalue weighted by Gasteiger charge is -2.19. The van der Waals surface area contributed by atoms with Crippen molar-refractivity contribution in [1.29, 1.82) is 0 Å². The Kier molecular flexibility index (Phi) is 2.53. The Morgan fingerprint density at radius 2 is 1.53 bits per heavy atom. The lowest BCUT2D eigenvalue weighted by molar-refractivity contribution is 0.446. The van der Waals surface area contributed by atoms with Crippen molar-refractivity contribution in [1.82, 2.24) is 0 Å². The third kappa shape index (κ3) is 2.13. The first-order valence-electron chi connectivity index (χ1n) is 6.07. The van der Waals surface area contributed by atoms with Gasteiger partial charge in [-0.25, -0.2) is 13.2 Å². The van der Waals surface area contributed by atoms with E-state index in [2.05, 4.69) is 5.32 Å². The van der Waals surface area contributed by atoms with Crippen LogP contribution in [0.3, 0.4) is 0 Å². The fraction of sp³-hybridized carbons (Fsp3) is 0.538. The van der Waals surface area contributed by atoms with Gasteiger partial charge in [-0.3, -0.25) is 0 Å². The minimum atomic E-state index is -1.39. The van der Waals surface area contributed by atoms with E-state index in [0.29, 0.717) is 11.8 Å². The van der Waals surface area contributed by atoms with Crippen LogP contribution in [0.4, 0.5) is 18.9 Å². The quantitative estimate of drug-likeness (QED) is 0.792. The molecular formula is C13H14F3N. The molecule has 1 N–H and O–H groups in total. The predicted molar refractivity (Wildman–Crippen MR) is 59.2 cm³/mol. The van der Waals surface area contributed by atoms with Crippen molar-refractivity contribution in [2.75, 3.05) is 5.32 Å². The second-order valence-corrected chi connectivity index (χ2v) is 5.07. The summed E-state index contributed by atoms with van der Waals surface area (Å²) in [7, 11) is 0. The van der Waals surface area contributed by atoms with Crippen LogP contribution in [0.1, 0.15) is 25.7 Å². The average Bonchev–Trinajstić information content (AvgIpc) is 3.16. The van der Waals surface area contributed by atoms with Gasteiger partial charge >= 0.3 is 0 Å². The van der Waals surface area contributed by atoms with Crippen LogP contribution in [0.5, 0.6) is 0 Å². The summed E-state index contributed by atoms with van der Waals surface area (Å²) < 4.78 is 39.4. The van der Waals surface area contributed by atoms with Crippen molar-refractivity contribution in [3.8, 4) is 0 Å². The van der Waals surface area contributed by atoms with Gasteiger partial charge in [0.05, 0.1) is 5.69 Å². The monoisotopic (exact) mass is 241 g/mol. The zero-order chi connectivity index (χ0) is 12.0. The first kappa shape index (κ1) is 10.9. The van der Waals surface area contributed by atoms with Crippen molar-refractivity contribution < 1.29 is 13.2 Å². The van der Waals surface area contributed by atoms with Crippen LogP contribution in [0.15, 0.2) is 12.1 Å². The maximum atomic E-state index is 13.5. The summed E-state index contributed by atoms with van der Waals surface area (Å²) in [4.78, 5) is 0. The molecule has 0 heterocycles. The number of nitrogens with one attached hydrogen (secondary N) is 1. The Morgan fingerprint density at radius 3 is 2.06 bits per heavy atom. The Hall–Kier alpha value is -1.19. The van der Waals surface area contributed by atoms with Crippen LogP contribution in [0.2, 0.25) is 0 Å². The molecule has 92 valence electrons. The summed E-state index contributed by atoms with van der Waals surface area (Å²) in [6.45, 7) is 0. The molecular weight excluding hydrogens is 227 g/mol. The Bertz CT molecular complexity index is 427. The van der Waals surface area contributed by atoms with Crippen LogP contribution in [0.25, 0.3) is 0 Å². The topological polar surface area (TPSA) is 12.0 Å². The van der Waals surface area contributed by atoms with E-state index in [1.165, 1.54) is 6.07 Å². The zero-order valence-corrected chi connectivity index (χ0v) is 9.35. The Labute approximate surface area is 98.0 Å². The average molecular weight is 241 g/mol. The molecule has 0 spiro atoms. The maximum Gasteiger partial charge on any atom is 0.196 e. The molecule has 1 nitrogen and oxygen atoms in total. The fourth-order valence-electron chi connectivity index (χ4n) is 2.35. The smallest absolute Gasteiger partial charge is 0.196 e. The van der Waals surface area contributed by atoms with Gasteiger partial charge in [-0.15, -0.1) is 0 Å². The second-order valence-electron chi connectivity index (χ2n) is 5.07. The van der Waals surface area contributed by atoms with E-state index in [1.807, 2.05) is 0 Å². The molecule has 0 atom stereocenters. The van der Waals surface area contributed by atoms with Gasteiger partial charge in [-0.1, -0.05) is 0 Å². The maximum absolute atomic E-state index is 13.5. The fourth-order valence-corrected chi connectivity index (χ4v) is 2.35. The van der Waals surface area contributed by atoms with Gasteiger partial charge < -0.3 is 5.32 Å². The van der Waals surface area contributed by atoms with Gasteiger partial charge in [0.1, 0.15) is 0 Å². The van der Waals surface area contributed by atoms with E-state index in [0.717, 1.165) is 31.7 Å². The van der Waals surface area contributed by atoms with Gasteiger partial charge in [-0.05, 0) is 49.7 Å². The minimum Gasteiger partial charge on any atom is -0.379 e. The molecule has 0 aromatic heterocycles. The highest BCUT2D eigenvalue weighted by atomic mass is 19.2. The number of hydrogen-bond donors (Lipinski definition) is 1. The van der Waals surface area contributed by atoms with E-state index in [4.69, 9.17) is 0 Å². The molecule has 0 amide bonds. The lowest BCUT2D eigenvalue weighted by Crippen LogP contribution is -2.25. The molecule has 1 aromatic rings. The van der Waals surface area contributed by atoms with E-state index in [1.54, 1.807) is 0 Å². The molecule has 0 aliphatic heterocycles. The van der Waals surface area contributed by atoms with E-state index in [-0.39, 0.29) is 11.7 Å². The van der Waals surface area contributed by atoms with Crippen LogP contribution >= 0.6 is 0 Å². The van der Waals surface area contributed by atoms with Gasteiger partial charge in [-0.2, -0.15) is 0 Å². The number of hydrogen-bond acceptors (Lipinski definition) is 1. The van der Waals surface area contributed by atoms with Gasteiger partial charge in [0, 0.05) is 6.04 Å². The summed E-state index contributed by atoms with van der Waals surface area (Å²) in [5, 5.41) is 3.06. The van der Waals surface area contributed by atoms with Gasteiger partial charge in [0.2, 0.25) is 0 Å². The van der Waals surface area contributed by atoms with Gasteiger partial charge in [0.25, 0.3) is 0 Å². The highest BCUT2D eigenvalue weighted by molar-refractivity contribution is 5.47. The van der Waals surface area contributed by atoms with Crippen molar-refractivity contribution in [2.45, 2.75) is 31.7 Å². The van der Waals surface area contributed by atoms with Crippen molar-refractivity contribution in [3.63, 3.8) is 0 Å². The molecule has 0 radical (unpaired) electrons. The molecule has 1 aromatic carbocycles. The normalized spacial score (nSPS) is 19.8. The summed E-state index contributed by atoms with van der Waals surface area (Å²) in [5.74, 6) is -2.47. The third-order valence-corrected chi connectivity index (χ3v) is 3.62. The van der Waals surface area contributed by atoms with E-state index < -0.39 is 17.5 Å². The summed E-state index contributed by atoms with van der Waals surface area (Å²) >= 11 is 0. The number of benzene rings is 1. The summed E-state index contributed by atoms with van der Waals surface area (Å²) in [6, 6.07) is 2.48. The molecule has 3 rings (SSSR count).